The number of nitrogens with zero attached hydrogens (tertiary/aromatic N) is 3. The third kappa shape index (κ3) is 4.51. The smallest absolute Gasteiger partial charge is 0.257 e. The summed E-state index contributed by atoms with van der Waals surface area (Å²) >= 11 is 0. The number of anilines is 1. The van der Waals surface area contributed by atoms with Crippen molar-refractivity contribution < 1.29 is 14.4 Å². The summed E-state index contributed by atoms with van der Waals surface area (Å²) in [6.45, 7) is 0. The Bertz CT molecular complexity index is 859. The molecule has 6 nitrogen and oxygen atoms in total. The Morgan fingerprint density at radius 2 is 1.48 bits per heavy atom. The fraction of sp³-hybridized carbons (Fsp3) is 0.600. The summed E-state index contributed by atoms with van der Waals surface area (Å²) in [5, 5.41) is 9.02. The highest BCUT2D eigenvalue weighted by Crippen LogP contribution is 2.34. The predicted molar refractivity (Wildman–Crippen MR) is 117 cm³/mol. The van der Waals surface area contributed by atoms with Crippen LogP contribution in [0, 0.1) is 17.2 Å². The summed E-state index contributed by atoms with van der Waals surface area (Å²) in [6.07, 6.45) is 11.4. The molecular formula is C25H31N3O3. The van der Waals surface area contributed by atoms with Crippen molar-refractivity contribution in [3.8, 4) is 6.07 Å². The first-order chi connectivity index (χ1) is 15.1. The van der Waals surface area contributed by atoms with Gasteiger partial charge in [0.2, 0.25) is 11.8 Å². The second-order valence-corrected chi connectivity index (χ2v) is 9.17. The Morgan fingerprint density at radius 3 is 2.10 bits per heavy atom. The molecule has 1 aliphatic heterocycles. The van der Waals surface area contributed by atoms with Crippen LogP contribution >= 0.6 is 0 Å². The molecule has 31 heavy (non-hydrogen) atoms. The lowest BCUT2D eigenvalue weighted by molar-refractivity contribution is -0.146. The summed E-state index contributed by atoms with van der Waals surface area (Å²) in [5.74, 6) is -0.513. The summed E-state index contributed by atoms with van der Waals surface area (Å²) in [7, 11) is 0. The van der Waals surface area contributed by atoms with Gasteiger partial charge in [-0.2, -0.15) is 5.26 Å². The quantitative estimate of drug-likeness (QED) is 0.535. The first kappa shape index (κ1) is 21.5. The highest BCUT2D eigenvalue weighted by molar-refractivity contribution is 6.23. The Balaban J connectivity index is 1.62. The second kappa shape index (κ2) is 9.64. The maximum atomic E-state index is 13.7. The maximum Gasteiger partial charge on any atom is 0.257 e. The molecule has 3 aliphatic rings. The fourth-order valence-electron chi connectivity index (χ4n) is 5.47. The van der Waals surface area contributed by atoms with Crippen LogP contribution in [-0.2, 0) is 14.4 Å². The zero-order chi connectivity index (χ0) is 21.8. The van der Waals surface area contributed by atoms with E-state index in [0.29, 0.717) is 11.3 Å². The van der Waals surface area contributed by atoms with Crippen LogP contribution in [0.3, 0.4) is 0 Å². The van der Waals surface area contributed by atoms with Gasteiger partial charge in [0.05, 0.1) is 23.7 Å². The summed E-state index contributed by atoms with van der Waals surface area (Å²) in [4.78, 5) is 43.1. The van der Waals surface area contributed by atoms with E-state index < -0.39 is 6.04 Å². The molecule has 164 valence electrons. The van der Waals surface area contributed by atoms with E-state index >= 15 is 0 Å². The number of nitriles is 1. The lowest BCUT2D eigenvalue weighted by Crippen LogP contribution is -2.52. The Hall–Kier alpha value is -2.68. The van der Waals surface area contributed by atoms with Gasteiger partial charge in [0.25, 0.3) is 5.91 Å². The molecule has 0 aromatic heterocycles. The van der Waals surface area contributed by atoms with E-state index in [9.17, 15) is 14.4 Å². The van der Waals surface area contributed by atoms with Crippen molar-refractivity contribution >= 4 is 23.4 Å². The Kier molecular flexibility index (Phi) is 6.70. The number of amides is 3. The second-order valence-electron chi connectivity index (χ2n) is 9.17. The molecule has 1 saturated heterocycles. The van der Waals surface area contributed by atoms with E-state index in [0.717, 1.165) is 64.2 Å². The SMILES string of the molecule is N#Cc1ccc(N2C(=O)CC(N(C(=O)C3CCCCC3)C3CCCCCC3)C2=O)cc1. The molecule has 1 heterocycles. The minimum atomic E-state index is -0.708. The van der Waals surface area contributed by atoms with Gasteiger partial charge >= 0.3 is 0 Å². The van der Waals surface area contributed by atoms with E-state index in [4.69, 9.17) is 5.26 Å². The summed E-state index contributed by atoms with van der Waals surface area (Å²) in [6, 6.07) is 7.88. The van der Waals surface area contributed by atoms with Crippen LogP contribution in [-0.4, -0.2) is 34.7 Å². The van der Waals surface area contributed by atoms with Crippen LogP contribution < -0.4 is 4.90 Å². The van der Waals surface area contributed by atoms with Crippen molar-refractivity contribution in [2.24, 2.45) is 5.92 Å². The zero-order valence-corrected chi connectivity index (χ0v) is 18.1. The molecule has 3 amide bonds. The van der Waals surface area contributed by atoms with Crippen molar-refractivity contribution in [2.75, 3.05) is 4.90 Å². The van der Waals surface area contributed by atoms with E-state index in [1.165, 1.54) is 11.3 Å². The molecule has 0 N–H and O–H groups in total. The molecule has 3 fully saturated rings. The van der Waals surface area contributed by atoms with Crippen LogP contribution in [0.25, 0.3) is 0 Å². The molecule has 2 saturated carbocycles. The molecule has 1 unspecified atom stereocenters. The van der Waals surface area contributed by atoms with Gasteiger partial charge in [-0.25, -0.2) is 4.90 Å². The average Bonchev–Trinajstić information content (AvgIpc) is 2.97. The Labute approximate surface area is 184 Å². The minimum Gasteiger partial charge on any atom is -0.327 e. The number of benzene rings is 1. The van der Waals surface area contributed by atoms with Gasteiger partial charge < -0.3 is 4.90 Å². The standard InChI is InChI=1S/C25H31N3O3/c26-17-18-12-14-21(15-13-18)28-23(29)16-22(25(28)31)27(20-10-6-1-2-7-11-20)24(30)19-8-4-3-5-9-19/h12-15,19-20,22H,1-11,16H2. The van der Waals surface area contributed by atoms with Gasteiger partial charge in [-0.3, -0.25) is 14.4 Å². The molecule has 0 spiro atoms. The van der Waals surface area contributed by atoms with E-state index in [-0.39, 0.29) is 36.1 Å². The van der Waals surface area contributed by atoms with Gasteiger partial charge in [-0.1, -0.05) is 44.9 Å². The largest absolute Gasteiger partial charge is 0.327 e. The molecule has 1 aromatic rings. The van der Waals surface area contributed by atoms with Crippen LogP contribution in [0.1, 0.15) is 82.6 Å². The average molecular weight is 422 g/mol. The normalized spacial score (nSPS) is 23.5. The molecule has 1 atom stereocenters. The molecule has 4 rings (SSSR count). The molecule has 2 aliphatic carbocycles. The number of imide groups is 1. The number of carbonyl (C=O) groups is 3. The fourth-order valence-corrected chi connectivity index (χ4v) is 5.47. The van der Waals surface area contributed by atoms with Crippen molar-refractivity contribution in [3.63, 3.8) is 0 Å². The van der Waals surface area contributed by atoms with Gasteiger partial charge in [0, 0.05) is 12.0 Å². The number of carbonyl (C=O) groups excluding carboxylic acids is 3. The van der Waals surface area contributed by atoms with Crippen LogP contribution in [0.15, 0.2) is 24.3 Å². The predicted octanol–water partition coefficient (Wildman–Crippen LogP) is 4.32. The zero-order valence-electron chi connectivity index (χ0n) is 18.1. The van der Waals surface area contributed by atoms with E-state index in [1.807, 2.05) is 4.90 Å². The van der Waals surface area contributed by atoms with Crippen molar-refractivity contribution in [2.45, 2.75) is 89.1 Å². The van der Waals surface area contributed by atoms with E-state index in [1.54, 1.807) is 24.3 Å². The lowest BCUT2D eigenvalue weighted by Gasteiger charge is -2.38. The van der Waals surface area contributed by atoms with Gasteiger partial charge in [-0.15, -0.1) is 0 Å². The third-order valence-corrected chi connectivity index (χ3v) is 7.14. The monoisotopic (exact) mass is 421 g/mol. The number of hydrogen-bond donors (Lipinski definition) is 0. The highest BCUT2D eigenvalue weighted by atomic mass is 16.2. The maximum absolute atomic E-state index is 13.7. The number of hydrogen-bond acceptors (Lipinski definition) is 4. The third-order valence-electron chi connectivity index (χ3n) is 7.14. The summed E-state index contributed by atoms with van der Waals surface area (Å²) in [5.41, 5.74) is 0.953. The van der Waals surface area contributed by atoms with E-state index in [2.05, 4.69) is 6.07 Å². The molecule has 0 radical (unpaired) electrons. The van der Waals surface area contributed by atoms with Gasteiger partial charge in [0.1, 0.15) is 6.04 Å². The van der Waals surface area contributed by atoms with Crippen molar-refractivity contribution in [1.29, 1.82) is 5.26 Å². The lowest BCUT2D eigenvalue weighted by atomic mass is 9.87. The van der Waals surface area contributed by atoms with Crippen LogP contribution in [0.5, 0.6) is 0 Å². The Morgan fingerprint density at radius 1 is 0.903 bits per heavy atom. The van der Waals surface area contributed by atoms with Crippen LogP contribution in [0.4, 0.5) is 5.69 Å². The molecule has 0 bridgehead atoms. The van der Waals surface area contributed by atoms with Crippen LogP contribution in [0.2, 0.25) is 0 Å². The summed E-state index contributed by atoms with van der Waals surface area (Å²) < 4.78 is 0. The van der Waals surface area contributed by atoms with Gasteiger partial charge in [-0.05, 0) is 49.9 Å². The first-order valence-electron chi connectivity index (χ1n) is 11.8. The van der Waals surface area contributed by atoms with Crippen molar-refractivity contribution in [3.05, 3.63) is 29.8 Å². The molecular weight excluding hydrogens is 390 g/mol. The molecule has 1 aromatic carbocycles. The van der Waals surface area contributed by atoms with Gasteiger partial charge in [0.15, 0.2) is 0 Å². The van der Waals surface area contributed by atoms with Crippen molar-refractivity contribution in [1.82, 2.24) is 4.90 Å². The number of rotatable bonds is 4. The first-order valence-corrected chi connectivity index (χ1v) is 11.8. The topological polar surface area (TPSA) is 81.5 Å². The molecule has 6 heteroatoms. The minimum absolute atomic E-state index is 0.0242. The highest BCUT2D eigenvalue weighted by Gasteiger charge is 2.47.